The Bertz CT molecular complexity index is 492. The van der Waals surface area contributed by atoms with Crippen LogP contribution in [0.1, 0.15) is 13.8 Å². The Hall–Kier alpha value is -1.36. The van der Waals surface area contributed by atoms with Crippen molar-refractivity contribution in [1.29, 1.82) is 0 Å². The number of halogens is 1. The summed E-state index contributed by atoms with van der Waals surface area (Å²) < 4.78 is 0.978. The number of nitrogens with zero attached hydrogens (tertiary/aromatic N) is 3. The number of ketones is 1. The summed E-state index contributed by atoms with van der Waals surface area (Å²) in [6.45, 7) is 3.25. The molecule has 2 rings (SSSR count). The fourth-order valence-electron chi connectivity index (χ4n) is 1.35. The molecule has 0 saturated carbocycles. The van der Waals surface area contributed by atoms with E-state index in [0.717, 1.165) is 10.2 Å². The van der Waals surface area contributed by atoms with Gasteiger partial charge in [0.15, 0.2) is 5.78 Å². The summed E-state index contributed by atoms with van der Waals surface area (Å²) >= 11 is 3.33. The van der Waals surface area contributed by atoms with Crippen LogP contribution in [0, 0.1) is 0 Å². The molecule has 0 N–H and O–H groups in total. The van der Waals surface area contributed by atoms with E-state index in [4.69, 9.17) is 0 Å². The Kier molecular flexibility index (Phi) is 2.71. The van der Waals surface area contributed by atoms with Gasteiger partial charge in [-0.15, -0.1) is 5.11 Å². The predicted molar refractivity (Wildman–Crippen MR) is 65.2 cm³/mol. The van der Waals surface area contributed by atoms with Crippen molar-refractivity contribution in [3.05, 3.63) is 28.7 Å². The molecule has 1 aromatic carbocycles. The molecule has 1 atom stereocenters. The number of aliphatic imine (C=N–C) groups is 1. The molecule has 0 fully saturated rings. The summed E-state index contributed by atoms with van der Waals surface area (Å²) in [6.07, 6.45) is 0. The zero-order chi connectivity index (χ0) is 11.8. The molecule has 0 saturated heterocycles. The van der Waals surface area contributed by atoms with Gasteiger partial charge in [-0.05, 0) is 38.1 Å². The Morgan fingerprint density at radius 1 is 1.38 bits per heavy atom. The van der Waals surface area contributed by atoms with E-state index in [1.165, 1.54) is 6.92 Å². The van der Waals surface area contributed by atoms with E-state index in [2.05, 4.69) is 31.2 Å². The number of azo groups is 1. The first-order chi connectivity index (χ1) is 7.54. The second-order valence-corrected chi connectivity index (χ2v) is 4.52. The van der Waals surface area contributed by atoms with Crippen LogP contribution >= 0.6 is 15.9 Å². The number of benzene rings is 1. The lowest BCUT2D eigenvalue weighted by atomic mass is 10.1. The minimum absolute atomic E-state index is 0.0918. The molecule has 0 aromatic heterocycles. The molecule has 16 heavy (non-hydrogen) atoms. The number of hydrogen-bond acceptors (Lipinski definition) is 4. The van der Waals surface area contributed by atoms with Gasteiger partial charge in [-0.3, -0.25) is 4.79 Å². The second kappa shape index (κ2) is 3.90. The maximum atomic E-state index is 11.3. The van der Waals surface area contributed by atoms with Crippen LogP contribution in [0.15, 0.2) is 44.0 Å². The third-order valence-electron chi connectivity index (χ3n) is 2.41. The molecular formula is C11H10BrN3O. The molecule has 1 aliphatic rings. The average Bonchev–Trinajstić information content (AvgIpc) is 2.90. The van der Waals surface area contributed by atoms with Crippen LogP contribution in [0.2, 0.25) is 0 Å². The predicted octanol–water partition coefficient (Wildman–Crippen LogP) is 3.29. The third-order valence-corrected chi connectivity index (χ3v) is 2.94. The lowest BCUT2D eigenvalue weighted by molar-refractivity contribution is -0.118. The van der Waals surface area contributed by atoms with Crippen molar-refractivity contribution in [3.8, 4) is 0 Å². The molecule has 4 nitrogen and oxygen atoms in total. The van der Waals surface area contributed by atoms with Gasteiger partial charge in [-0.2, -0.15) is 5.11 Å². The van der Waals surface area contributed by atoms with Crippen LogP contribution in [0.4, 0.5) is 5.69 Å². The molecule has 5 heteroatoms. The fourth-order valence-corrected chi connectivity index (χ4v) is 1.62. The molecule has 0 amide bonds. The molecular weight excluding hydrogens is 270 g/mol. The Morgan fingerprint density at radius 3 is 2.38 bits per heavy atom. The van der Waals surface area contributed by atoms with Crippen LogP contribution in [-0.4, -0.2) is 17.2 Å². The summed E-state index contributed by atoms with van der Waals surface area (Å²) in [5.74, 6) is -0.0918. The van der Waals surface area contributed by atoms with Gasteiger partial charge in [-0.1, -0.05) is 15.9 Å². The number of carbonyl (C=O) groups excluding carboxylic acids is 1. The first kappa shape index (κ1) is 11.1. The van der Waals surface area contributed by atoms with Crippen molar-refractivity contribution in [3.63, 3.8) is 0 Å². The van der Waals surface area contributed by atoms with Crippen molar-refractivity contribution in [2.24, 2.45) is 15.2 Å². The first-order valence-corrected chi connectivity index (χ1v) is 5.60. The van der Waals surface area contributed by atoms with E-state index in [9.17, 15) is 4.79 Å². The smallest absolute Gasteiger partial charge is 0.266 e. The van der Waals surface area contributed by atoms with Gasteiger partial charge in [-0.25, -0.2) is 4.99 Å². The van der Waals surface area contributed by atoms with Crippen LogP contribution in [-0.2, 0) is 4.79 Å². The van der Waals surface area contributed by atoms with Gasteiger partial charge in [0, 0.05) is 4.47 Å². The second-order valence-electron chi connectivity index (χ2n) is 3.60. The number of rotatable bonds is 3. The fraction of sp³-hybridized carbons (Fsp3) is 0.273. The largest absolute Gasteiger partial charge is 0.295 e. The van der Waals surface area contributed by atoms with E-state index in [-0.39, 0.29) is 5.78 Å². The minimum atomic E-state index is -0.993. The highest BCUT2D eigenvalue weighted by atomic mass is 79.9. The highest BCUT2D eigenvalue weighted by Gasteiger charge is 2.49. The standard InChI is InChI=1S/C11H10BrN3O/c1-7-11(13-7,8(2)16)15-14-10-5-3-9(12)4-6-10/h3-6H,1-2H3/t11-/m0/s1. The van der Waals surface area contributed by atoms with Crippen molar-refractivity contribution < 1.29 is 4.79 Å². The normalized spacial score (nSPS) is 23.3. The van der Waals surface area contributed by atoms with Crippen molar-refractivity contribution in [1.82, 2.24) is 0 Å². The zero-order valence-corrected chi connectivity index (χ0v) is 10.5. The lowest BCUT2D eigenvalue weighted by Crippen LogP contribution is -2.23. The molecule has 0 aliphatic carbocycles. The van der Waals surface area contributed by atoms with E-state index < -0.39 is 5.66 Å². The number of carbonyl (C=O) groups is 1. The van der Waals surface area contributed by atoms with Crippen molar-refractivity contribution in [2.45, 2.75) is 19.5 Å². The van der Waals surface area contributed by atoms with Crippen molar-refractivity contribution >= 4 is 33.1 Å². The number of Topliss-reactive ketones (excluding diaryl/α,β-unsaturated/α-hetero) is 1. The van der Waals surface area contributed by atoms with E-state index in [1.807, 2.05) is 24.3 Å². The summed E-state index contributed by atoms with van der Waals surface area (Å²) in [5, 5.41) is 8.03. The highest BCUT2D eigenvalue weighted by Crippen LogP contribution is 2.32. The van der Waals surface area contributed by atoms with E-state index in [1.54, 1.807) is 6.92 Å². The molecule has 82 valence electrons. The molecule has 0 unspecified atom stereocenters. The van der Waals surface area contributed by atoms with Gasteiger partial charge in [0.25, 0.3) is 5.66 Å². The summed E-state index contributed by atoms with van der Waals surface area (Å²) in [6, 6.07) is 7.38. The van der Waals surface area contributed by atoms with Crippen molar-refractivity contribution in [2.75, 3.05) is 0 Å². The SMILES string of the molecule is CC(=O)[C@]1(N=Nc2ccc(Br)cc2)N=C1C. The highest BCUT2D eigenvalue weighted by molar-refractivity contribution is 9.10. The van der Waals surface area contributed by atoms with E-state index >= 15 is 0 Å². The quantitative estimate of drug-likeness (QED) is 0.784. The van der Waals surface area contributed by atoms with Crippen LogP contribution in [0.3, 0.4) is 0 Å². The van der Waals surface area contributed by atoms with Gasteiger partial charge in [0.1, 0.15) is 0 Å². The monoisotopic (exact) mass is 279 g/mol. The van der Waals surface area contributed by atoms with Gasteiger partial charge in [0.05, 0.1) is 11.4 Å². The van der Waals surface area contributed by atoms with Crippen LogP contribution < -0.4 is 0 Å². The van der Waals surface area contributed by atoms with Crippen LogP contribution in [0.5, 0.6) is 0 Å². The lowest BCUT2D eigenvalue weighted by Gasteiger charge is -2.01. The Morgan fingerprint density at radius 2 is 1.94 bits per heavy atom. The van der Waals surface area contributed by atoms with Crippen LogP contribution in [0.25, 0.3) is 0 Å². The first-order valence-electron chi connectivity index (χ1n) is 4.81. The molecule has 1 aromatic rings. The molecule has 0 radical (unpaired) electrons. The third kappa shape index (κ3) is 1.95. The molecule has 0 spiro atoms. The number of hydrogen-bond donors (Lipinski definition) is 0. The van der Waals surface area contributed by atoms with Gasteiger partial charge in [0.2, 0.25) is 0 Å². The molecule has 0 bridgehead atoms. The van der Waals surface area contributed by atoms with Gasteiger partial charge >= 0.3 is 0 Å². The minimum Gasteiger partial charge on any atom is -0.295 e. The Balaban J connectivity index is 2.16. The maximum absolute atomic E-state index is 11.3. The summed E-state index contributed by atoms with van der Waals surface area (Å²) in [5.41, 5.74) is 0.437. The van der Waals surface area contributed by atoms with E-state index in [0.29, 0.717) is 5.69 Å². The summed E-state index contributed by atoms with van der Waals surface area (Å²) in [4.78, 5) is 15.4. The Labute approximate surface area is 102 Å². The van der Waals surface area contributed by atoms with Gasteiger partial charge < -0.3 is 0 Å². The maximum Gasteiger partial charge on any atom is 0.266 e. The summed E-state index contributed by atoms with van der Waals surface area (Å²) in [7, 11) is 0. The topological polar surface area (TPSA) is 54.1 Å². The molecule has 1 aliphatic heterocycles. The average molecular weight is 280 g/mol. The zero-order valence-electron chi connectivity index (χ0n) is 8.94. The molecule has 1 heterocycles.